The summed E-state index contributed by atoms with van der Waals surface area (Å²) in [5.74, 6) is -0.524. The molecule has 1 aliphatic rings. The number of carbonyl (C=O) groups excluding carboxylic acids is 2. The number of hydrogen-bond donors (Lipinski definition) is 2. The zero-order chi connectivity index (χ0) is 19.9. The van der Waals surface area contributed by atoms with Crippen molar-refractivity contribution in [3.05, 3.63) is 66.0 Å². The van der Waals surface area contributed by atoms with Gasteiger partial charge in [-0.2, -0.15) is 0 Å². The van der Waals surface area contributed by atoms with Crippen LogP contribution in [0.1, 0.15) is 31.4 Å². The molecule has 1 fully saturated rings. The van der Waals surface area contributed by atoms with E-state index in [2.05, 4.69) is 10.6 Å². The van der Waals surface area contributed by atoms with Crippen LogP contribution in [0.3, 0.4) is 0 Å². The van der Waals surface area contributed by atoms with Crippen LogP contribution in [-0.2, 0) is 9.59 Å². The van der Waals surface area contributed by atoms with Crippen LogP contribution in [0.2, 0.25) is 0 Å². The van der Waals surface area contributed by atoms with Gasteiger partial charge in [0.2, 0.25) is 11.8 Å². The number of piperidine rings is 1. The molecule has 0 unspecified atom stereocenters. The third-order valence-corrected chi connectivity index (χ3v) is 5.03. The standard InChI is InChI=1S/C22H26FN3O2/c1-16(17-9-11-19(23)12-10-17)24-21(27)15-26-13-5-6-18(14-26)22(28)25-20-7-3-2-4-8-20/h2-4,7-12,16,18H,5-6,13-15H2,1H3,(H,24,27)(H,25,28)/t16-,18+/m1/s1. The Kier molecular flexibility index (Phi) is 6.76. The van der Waals surface area contributed by atoms with Gasteiger partial charge in [0.1, 0.15) is 5.82 Å². The van der Waals surface area contributed by atoms with Crippen molar-refractivity contribution in [3.63, 3.8) is 0 Å². The van der Waals surface area contributed by atoms with E-state index >= 15 is 0 Å². The van der Waals surface area contributed by atoms with Crippen molar-refractivity contribution in [2.45, 2.75) is 25.8 Å². The summed E-state index contributed by atoms with van der Waals surface area (Å²) in [6.07, 6.45) is 1.70. The molecular formula is C22H26FN3O2. The summed E-state index contributed by atoms with van der Waals surface area (Å²) in [4.78, 5) is 26.9. The molecule has 2 N–H and O–H groups in total. The van der Waals surface area contributed by atoms with Gasteiger partial charge in [0.05, 0.1) is 18.5 Å². The molecule has 0 aromatic heterocycles. The Morgan fingerprint density at radius 3 is 2.57 bits per heavy atom. The molecule has 2 atom stereocenters. The van der Waals surface area contributed by atoms with Gasteiger partial charge >= 0.3 is 0 Å². The third-order valence-electron chi connectivity index (χ3n) is 5.03. The number of halogens is 1. The number of hydrogen-bond acceptors (Lipinski definition) is 3. The number of amides is 2. The fourth-order valence-electron chi connectivity index (χ4n) is 3.50. The quantitative estimate of drug-likeness (QED) is 0.804. The van der Waals surface area contributed by atoms with Crippen LogP contribution >= 0.6 is 0 Å². The van der Waals surface area contributed by atoms with E-state index in [4.69, 9.17) is 0 Å². The summed E-state index contributed by atoms with van der Waals surface area (Å²) in [5.41, 5.74) is 1.64. The molecule has 2 aromatic carbocycles. The van der Waals surface area contributed by atoms with Gasteiger partial charge in [0.15, 0.2) is 0 Å². The first-order valence-electron chi connectivity index (χ1n) is 9.64. The van der Waals surface area contributed by atoms with Crippen molar-refractivity contribution in [3.8, 4) is 0 Å². The molecule has 0 saturated carbocycles. The monoisotopic (exact) mass is 383 g/mol. The molecule has 0 bridgehead atoms. The molecule has 0 radical (unpaired) electrons. The zero-order valence-corrected chi connectivity index (χ0v) is 16.0. The topological polar surface area (TPSA) is 61.4 Å². The Morgan fingerprint density at radius 2 is 1.86 bits per heavy atom. The highest BCUT2D eigenvalue weighted by Gasteiger charge is 2.27. The van der Waals surface area contributed by atoms with Crippen LogP contribution in [0.25, 0.3) is 0 Å². The Balaban J connectivity index is 1.49. The molecule has 148 valence electrons. The third kappa shape index (κ3) is 5.63. The van der Waals surface area contributed by atoms with Gasteiger partial charge in [-0.3, -0.25) is 14.5 Å². The predicted molar refractivity (Wildman–Crippen MR) is 107 cm³/mol. The minimum absolute atomic E-state index is 0.00371. The fraction of sp³-hybridized carbons (Fsp3) is 0.364. The van der Waals surface area contributed by atoms with Crippen LogP contribution in [0, 0.1) is 11.7 Å². The number of benzene rings is 2. The minimum Gasteiger partial charge on any atom is -0.348 e. The Labute approximate surface area is 164 Å². The number of likely N-dealkylation sites (tertiary alicyclic amines) is 1. The van der Waals surface area contributed by atoms with E-state index in [0.29, 0.717) is 6.54 Å². The second kappa shape index (κ2) is 9.46. The van der Waals surface area contributed by atoms with Crippen LogP contribution in [0.5, 0.6) is 0 Å². The molecule has 0 aliphatic carbocycles. The lowest BCUT2D eigenvalue weighted by atomic mass is 9.97. The maximum atomic E-state index is 13.0. The zero-order valence-electron chi connectivity index (χ0n) is 16.0. The molecule has 1 aliphatic heterocycles. The van der Waals surface area contributed by atoms with Crippen molar-refractivity contribution >= 4 is 17.5 Å². The molecule has 2 aromatic rings. The van der Waals surface area contributed by atoms with Gasteiger partial charge in [-0.1, -0.05) is 30.3 Å². The van der Waals surface area contributed by atoms with E-state index in [1.54, 1.807) is 12.1 Å². The second-order valence-corrected chi connectivity index (χ2v) is 7.27. The van der Waals surface area contributed by atoms with Crippen LogP contribution in [-0.4, -0.2) is 36.3 Å². The van der Waals surface area contributed by atoms with Gasteiger partial charge in [-0.05, 0) is 56.1 Å². The van der Waals surface area contributed by atoms with Crippen molar-refractivity contribution in [2.75, 3.05) is 25.0 Å². The minimum atomic E-state index is -0.296. The highest BCUT2D eigenvalue weighted by atomic mass is 19.1. The number of nitrogens with zero attached hydrogens (tertiary/aromatic N) is 1. The molecule has 0 spiro atoms. The van der Waals surface area contributed by atoms with E-state index < -0.39 is 0 Å². The maximum absolute atomic E-state index is 13.0. The van der Waals surface area contributed by atoms with E-state index in [-0.39, 0.29) is 36.1 Å². The van der Waals surface area contributed by atoms with Crippen LogP contribution < -0.4 is 10.6 Å². The number of carbonyl (C=O) groups is 2. The lowest BCUT2D eigenvalue weighted by molar-refractivity contribution is -0.126. The van der Waals surface area contributed by atoms with Crippen LogP contribution in [0.4, 0.5) is 10.1 Å². The van der Waals surface area contributed by atoms with Crippen molar-refractivity contribution in [1.82, 2.24) is 10.2 Å². The normalized spacial score (nSPS) is 18.3. The highest BCUT2D eigenvalue weighted by molar-refractivity contribution is 5.92. The second-order valence-electron chi connectivity index (χ2n) is 7.27. The number of para-hydroxylation sites is 1. The molecule has 1 saturated heterocycles. The van der Waals surface area contributed by atoms with Crippen LogP contribution in [0.15, 0.2) is 54.6 Å². The number of nitrogens with one attached hydrogen (secondary N) is 2. The summed E-state index contributed by atoms with van der Waals surface area (Å²) in [6, 6.07) is 15.3. The summed E-state index contributed by atoms with van der Waals surface area (Å²) in [6.45, 7) is 3.49. The Hall–Kier alpha value is -2.73. The first-order valence-corrected chi connectivity index (χ1v) is 9.64. The molecular weight excluding hydrogens is 357 g/mol. The van der Waals surface area contributed by atoms with E-state index in [9.17, 15) is 14.0 Å². The van der Waals surface area contributed by atoms with Crippen molar-refractivity contribution < 1.29 is 14.0 Å². The molecule has 3 rings (SSSR count). The maximum Gasteiger partial charge on any atom is 0.234 e. The first-order chi connectivity index (χ1) is 13.5. The fourth-order valence-corrected chi connectivity index (χ4v) is 3.50. The lowest BCUT2D eigenvalue weighted by Gasteiger charge is -2.31. The van der Waals surface area contributed by atoms with Crippen molar-refractivity contribution in [1.29, 1.82) is 0 Å². The Morgan fingerprint density at radius 1 is 1.14 bits per heavy atom. The van der Waals surface area contributed by atoms with E-state index in [1.165, 1.54) is 12.1 Å². The number of anilines is 1. The molecule has 1 heterocycles. The summed E-state index contributed by atoms with van der Waals surface area (Å²) in [5, 5.41) is 5.89. The van der Waals surface area contributed by atoms with Gasteiger partial charge in [-0.25, -0.2) is 4.39 Å². The van der Waals surface area contributed by atoms with Gasteiger partial charge < -0.3 is 10.6 Å². The predicted octanol–water partition coefficient (Wildman–Crippen LogP) is 3.35. The Bertz CT molecular complexity index is 795. The van der Waals surface area contributed by atoms with E-state index in [0.717, 1.165) is 30.6 Å². The van der Waals surface area contributed by atoms with Gasteiger partial charge in [0.25, 0.3) is 0 Å². The van der Waals surface area contributed by atoms with Gasteiger partial charge in [-0.15, -0.1) is 0 Å². The summed E-state index contributed by atoms with van der Waals surface area (Å²) >= 11 is 0. The largest absolute Gasteiger partial charge is 0.348 e. The number of rotatable bonds is 6. The SMILES string of the molecule is C[C@@H](NC(=O)CN1CCC[C@H](C(=O)Nc2ccccc2)C1)c1ccc(F)cc1. The smallest absolute Gasteiger partial charge is 0.234 e. The molecule has 5 nitrogen and oxygen atoms in total. The summed E-state index contributed by atoms with van der Waals surface area (Å²) in [7, 11) is 0. The molecule has 6 heteroatoms. The average molecular weight is 383 g/mol. The van der Waals surface area contributed by atoms with E-state index in [1.807, 2.05) is 42.2 Å². The molecule has 2 amide bonds. The highest BCUT2D eigenvalue weighted by Crippen LogP contribution is 2.19. The first kappa shape index (κ1) is 20.0. The van der Waals surface area contributed by atoms with Crippen molar-refractivity contribution in [2.24, 2.45) is 5.92 Å². The molecule has 28 heavy (non-hydrogen) atoms. The summed E-state index contributed by atoms with van der Waals surface area (Å²) < 4.78 is 13.0. The average Bonchev–Trinajstić information content (AvgIpc) is 2.69. The van der Waals surface area contributed by atoms with Gasteiger partial charge in [0, 0.05) is 12.2 Å². The lowest BCUT2D eigenvalue weighted by Crippen LogP contribution is -2.45.